The standard InChI is InChI=1S/C21H21FN2OS/c1-14(16-6-5-7-17(12-16)24-15(2)25)23-13-18-10-11-21(26-18)19-8-3-4-9-20(19)22/h3-12,14,23H,13H2,1-2H3,(H,24,25)/t14-/m0/s1. The molecule has 0 aliphatic heterocycles. The van der Waals surface area contributed by atoms with Crippen LogP contribution >= 0.6 is 11.3 Å². The summed E-state index contributed by atoms with van der Waals surface area (Å²) in [6, 6.07) is 18.8. The van der Waals surface area contributed by atoms with Gasteiger partial charge in [-0.3, -0.25) is 4.79 Å². The van der Waals surface area contributed by atoms with Crippen LogP contribution in [0.5, 0.6) is 0 Å². The van der Waals surface area contributed by atoms with E-state index in [2.05, 4.69) is 17.6 Å². The van der Waals surface area contributed by atoms with Crippen LogP contribution in [0.3, 0.4) is 0 Å². The highest BCUT2D eigenvalue weighted by Gasteiger charge is 2.10. The monoisotopic (exact) mass is 368 g/mol. The Labute approximate surface area is 156 Å². The summed E-state index contributed by atoms with van der Waals surface area (Å²) < 4.78 is 13.9. The number of benzene rings is 2. The molecule has 2 N–H and O–H groups in total. The van der Waals surface area contributed by atoms with Crippen molar-refractivity contribution in [3.63, 3.8) is 0 Å². The highest BCUT2D eigenvalue weighted by atomic mass is 32.1. The van der Waals surface area contributed by atoms with Gasteiger partial charge in [-0.25, -0.2) is 4.39 Å². The van der Waals surface area contributed by atoms with E-state index >= 15 is 0 Å². The van der Waals surface area contributed by atoms with Gasteiger partial charge < -0.3 is 10.6 Å². The Morgan fingerprint density at radius 1 is 1.12 bits per heavy atom. The van der Waals surface area contributed by atoms with E-state index in [4.69, 9.17) is 0 Å². The van der Waals surface area contributed by atoms with Crippen LogP contribution in [0.15, 0.2) is 60.7 Å². The summed E-state index contributed by atoms with van der Waals surface area (Å²) in [5, 5.41) is 6.28. The fourth-order valence-electron chi connectivity index (χ4n) is 2.74. The molecule has 0 bridgehead atoms. The molecule has 0 unspecified atom stereocenters. The van der Waals surface area contributed by atoms with Crippen LogP contribution in [0.2, 0.25) is 0 Å². The Hall–Kier alpha value is -2.50. The molecule has 2 aromatic carbocycles. The van der Waals surface area contributed by atoms with E-state index in [0.29, 0.717) is 12.1 Å². The molecule has 0 aliphatic carbocycles. The van der Waals surface area contributed by atoms with Crippen molar-refractivity contribution < 1.29 is 9.18 Å². The van der Waals surface area contributed by atoms with Crippen molar-refractivity contribution in [2.45, 2.75) is 26.4 Å². The predicted octanol–water partition coefficient (Wildman–Crippen LogP) is 5.36. The molecule has 0 fully saturated rings. The summed E-state index contributed by atoms with van der Waals surface area (Å²) in [6.07, 6.45) is 0. The Morgan fingerprint density at radius 2 is 1.92 bits per heavy atom. The number of carbonyl (C=O) groups is 1. The number of nitrogens with one attached hydrogen (secondary N) is 2. The average molecular weight is 368 g/mol. The third kappa shape index (κ3) is 4.56. The number of rotatable bonds is 6. The van der Waals surface area contributed by atoms with Crippen LogP contribution in [0.4, 0.5) is 10.1 Å². The Bertz CT molecular complexity index is 906. The third-order valence-electron chi connectivity index (χ3n) is 4.09. The molecule has 0 aliphatic rings. The number of anilines is 1. The smallest absolute Gasteiger partial charge is 0.221 e. The Balaban J connectivity index is 1.64. The first-order chi connectivity index (χ1) is 12.5. The summed E-state index contributed by atoms with van der Waals surface area (Å²) in [4.78, 5) is 13.3. The lowest BCUT2D eigenvalue weighted by molar-refractivity contribution is -0.114. The minimum Gasteiger partial charge on any atom is -0.326 e. The van der Waals surface area contributed by atoms with Crippen LogP contribution < -0.4 is 10.6 Å². The highest BCUT2D eigenvalue weighted by molar-refractivity contribution is 7.15. The summed E-state index contributed by atoms with van der Waals surface area (Å²) in [5.41, 5.74) is 2.53. The van der Waals surface area contributed by atoms with Crippen molar-refractivity contribution in [1.29, 1.82) is 0 Å². The average Bonchev–Trinajstić information content (AvgIpc) is 3.08. The highest BCUT2D eigenvalue weighted by Crippen LogP contribution is 2.30. The minimum absolute atomic E-state index is 0.0815. The largest absolute Gasteiger partial charge is 0.326 e. The van der Waals surface area contributed by atoms with E-state index in [1.807, 2.05) is 42.5 Å². The first-order valence-corrected chi connectivity index (χ1v) is 9.29. The molecule has 1 atom stereocenters. The van der Waals surface area contributed by atoms with Gasteiger partial charge >= 0.3 is 0 Å². The number of amides is 1. The van der Waals surface area contributed by atoms with E-state index in [-0.39, 0.29) is 17.8 Å². The fourth-order valence-corrected chi connectivity index (χ4v) is 3.72. The second-order valence-corrected chi connectivity index (χ2v) is 7.32. The van der Waals surface area contributed by atoms with Gasteiger partial charge in [0.1, 0.15) is 5.82 Å². The zero-order valence-corrected chi connectivity index (χ0v) is 15.6. The first-order valence-electron chi connectivity index (χ1n) is 8.47. The van der Waals surface area contributed by atoms with Crippen molar-refractivity contribution in [2.24, 2.45) is 0 Å². The summed E-state index contributed by atoms with van der Waals surface area (Å²) >= 11 is 1.59. The van der Waals surface area contributed by atoms with E-state index in [9.17, 15) is 9.18 Å². The molecule has 1 heterocycles. The quantitative estimate of drug-likeness (QED) is 0.615. The molecule has 3 aromatic rings. The van der Waals surface area contributed by atoms with E-state index < -0.39 is 0 Å². The van der Waals surface area contributed by atoms with Gasteiger partial charge in [0.05, 0.1) is 0 Å². The third-order valence-corrected chi connectivity index (χ3v) is 5.21. The zero-order chi connectivity index (χ0) is 18.5. The SMILES string of the molecule is CC(=O)Nc1cccc([C@H](C)NCc2ccc(-c3ccccc3F)s2)c1. The van der Waals surface area contributed by atoms with Crippen molar-refractivity contribution >= 4 is 22.9 Å². The van der Waals surface area contributed by atoms with Crippen LogP contribution in [-0.2, 0) is 11.3 Å². The van der Waals surface area contributed by atoms with Gasteiger partial charge in [0.25, 0.3) is 0 Å². The van der Waals surface area contributed by atoms with Crippen LogP contribution in [0.1, 0.15) is 30.3 Å². The van der Waals surface area contributed by atoms with Gasteiger partial charge in [-0.15, -0.1) is 11.3 Å². The van der Waals surface area contributed by atoms with E-state index in [0.717, 1.165) is 21.0 Å². The lowest BCUT2D eigenvalue weighted by Crippen LogP contribution is -2.17. The summed E-state index contributed by atoms with van der Waals surface area (Å²) in [6.45, 7) is 4.28. The Kier molecular flexibility index (Phi) is 5.81. The predicted molar refractivity (Wildman–Crippen MR) is 106 cm³/mol. The number of halogens is 1. The van der Waals surface area contributed by atoms with Gasteiger partial charge in [-0.1, -0.05) is 30.3 Å². The topological polar surface area (TPSA) is 41.1 Å². The normalized spacial score (nSPS) is 12.0. The second kappa shape index (κ2) is 8.25. The van der Waals surface area contributed by atoms with Crippen LogP contribution in [0.25, 0.3) is 10.4 Å². The molecule has 0 saturated heterocycles. The van der Waals surface area contributed by atoms with Gasteiger partial charge in [-0.05, 0) is 42.8 Å². The first kappa shape index (κ1) is 18.3. The number of thiophene rings is 1. The van der Waals surface area contributed by atoms with Gasteiger partial charge in [0, 0.05) is 40.5 Å². The van der Waals surface area contributed by atoms with Crippen molar-refractivity contribution in [2.75, 3.05) is 5.32 Å². The molecule has 1 aromatic heterocycles. The second-order valence-electron chi connectivity index (χ2n) is 6.16. The minimum atomic E-state index is -0.197. The molecular formula is C21H21FN2OS. The van der Waals surface area contributed by atoms with Crippen LogP contribution in [0, 0.1) is 5.82 Å². The number of hydrogen-bond acceptors (Lipinski definition) is 3. The maximum Gasteiger partial charge on any atom is 0.221 e. The molecule has 26 heavy (non-hydrogen) atoms. The van der Waals surface area contributed by atoms with Crippen LogP contribution in [-0.4, -0.2) is 5.91 Å². The van der Waals surface area contributed by atoms with Gasteiger partial charge in [0.15, 0.2) is 0 Å². The molecule has 3 nitrogen and oxygen atoms in total. The molecule has 0 saturated carbocycles. The number of hydrogen-bond donors (Lipinski definition) is 2. The molecule has 0 spiro atoms. The van der Waals surface area contributed by atoms with E-state index in [1.165, 1.54) is 13.0 Å². The Morgan fingerprint density at radius 3 is 2.69 bits per heavy atom. The lowest BCUT2D eigenvalue weighted by Gasteiger charge is -2.15. The number of carbonyl (C=O) groups excluding carboxylic acids is 1. The molecule has 0 radical (unpaired) electrons. The van der Waals surface area contributed by atoms with Crippen molar-refractivity contribution in [1.82, 2.24) is 5.32 Å². The lowest BCUT2D eigenvalue weighted by atomic mass is 10.1. The molecule has 3 rings (SSSR count). The zero-order valence-electron chi connectivity index (χ0n) is 14.8. The maximum atomic E-state index is 13.9. The maximum absolute atomic E-state index is 13.9. The molecule has 1 amide bonds. The van der Waals surface area contributed by atoms with Crippen molar-refractivity contribution in [3.05, 3.63) is 76.9 Å². The van der Waals surface area contributed by atoms with Gasteiger partial charge in [-0.2, -0.15) is 0 Å². The fraction of sp³-hybridized carbons (Fsp3) is 0.190. The van der Waals surface area contributed by atoms with Crippen molar-refractivity contribution in [3.8, 4) is 10.4 Å². The molecule has 134 valence electrons. The molecular weight excluding hydrogens is 347 g/mol. The summed E-state index contributed by atoms with van der Waals surface area (Å²) in [7, 11) is 0. The summed E-state index contributed by atoms with van der Waals surface area (Å²) in [5.74, 6) is -0.279. The van der Waals surface area contributed by atoms with Gasteiger partial charge in [0.2, 0.25) is 5.91 Å². The van der Waals surface area contributed by atoms with E-state index in [1.54, 1.807) is 23.5 Å². The molecule has 5 heteroatoms.